The Kier molecular flexibility index (Phi) is 3.31. The van der Waals surface area contributed by atoms with E-state index in [2.05, 4.69) is 9.72 Å². The zero-order chi connectivity index (χ0) is 14.8. The molecule has 0 amide bonds. The predicted molar refractivity (Wildman–Crippen MR) is 78.1 cm³/mol. The van der Waals surface area contributed by atoms with Crippen molar-refractivity contribution < 1.29 is 19.1 Å². The first kappa shape index (κ1) is 13.2. The Bertz CT molecular complexity index is 835. The van der Waals surface area contributed by atoms with E-state index >= 15 is 0 Å². The lowest BCUT2D eigenvalue weighted by Crippen LogP contribution is -2.14. The van der Waals surface area contributed by atoms with Crippen LogP contribution >= 0.6 is 0 Å². The smallest absolute Gasteiger partial charge is 0.322 e. The van der Waals surface area contributed by atoms with Crippen LogP contribution in [0, 0.1) is 0 Å². The Morgan fingerprint density at radius 2 is 1.76 bits per heavy atom. The molecule has 3 rings (SSSR count). The Hall–Kier alpha value is -2.82. The van der Waals surface area contributed by atoms with Crippen molar-refractivity contribution in [1.29, 1.82) is 0 Å². The van der Waals surface area contributed by atoms with Crippen molar-refractivity contribution in [1.82, 2.24) is 4.98 Å². The zero-order valence-corrected chi connectivity index (χ0v) is 11.4. The van der Waals surface area contributed by atoms with Crippen LogP contribution in [0.2, 0.25) is 0 Å². The average Bonchev–Trinajstić information content (AvgIpc) is 2.87. The van der Waals surface area contributed by atoms with Gasteiger partial charge >= 0.3 is 11.9 Å². The Morgan fingerprint density at radius 3 is 2.57 bits per heavy atom. The number of rotatable bonds is 3. The molecule has 0 atom stereocenters. The molecule has 0 saturated carbocycles. The normalized spacial score (nSPS) is 10.7. The Morgan fingerprint density at radius 1 is 1.00 bits per heavy atom. The van der Waals surface area contributed by atoms with Crippen LogP contribution in [-0.2, 0) is 14.3 Å². The van der Waals surface area contributed by atoms with Crippen LogP contribution < -0.4 is 4.74 Å². The lowest BCUT2D eigenvalue weighted by atomic mass is 10.1. The molecule has 0 spiro atoms. The Labute approximate surface area is 120 Å². The number of aromatic nitrogens is 1. The van der Waals surface area contributed by atoms with Gasteiger partial charge in [-0.05, 0) is 12.1 Å². The number of hydrogen-bond donors (Lipinski definition) is 1. The third-order valence-electron chi connectivity index (χ3n) is 3.24. The van der Waals surface area contributed by atoms with E-state index in [-0.39, 0.29) is 0 Å². The molecule has 5 nitrogen and oxygen atoms in total. The maximum Gasteiger partial charge on any atom is 0.322 e. The summed E-state index contributed by atoms with van der Waals surface area (Å²) in [5.74, 6) is -0.866. The number of nitrogens with one attached hydrogen (secondary N) is 1. The fraction of sp³-hybridized carbons (Fsp3) is 0.125. The van der Waals surface area contributed by atoms with Crippen molar-refractivity contribution >= 4 is 33.7 Å². The largest absolute Gasteiger partial charge is 0.469 e. The molecular weight excluding hydrogens is 270 g/mol. The summed E-state index contributed by atoms with van der Waals surface area (Å²) < 4.78 is 9.71. The standard InChI is InChI=1S/C16H13NO4/c1-20-14(18)9-15(19)21-13-8-4-6-11-10-5-2-3-7-12(10)17-16(11)13/h2-8,17H,9H2,1H3. The van der Waals surface area contributed by atoms with Crippen molar-refractivity contribution in [3.63, 3.8) is 0 Å². The van der Waals surface area contributed by atoms with Crippen LogP contribution in [0.4, 0.5) is 0 Å². The van der Waals surface area contributed by atoms with Gasteiger partial charge in [-0.3, -0.25) is 9.59 Å². The highest BCUT2D eigenvalue weighted by Crippen LogP contribution is 2.31. The third kappa shape index (κ3) is 2.45. The first-order chi connectivity index (χ1) is 10.2. The van der Waals surface area contributed by atoms with E-state index in [9.17, 15) is 9.59 Å². The molecule has 3 aromatic rings. The van der Waals surface area contributed by atoms with Gasteiger partial charge < -0.3 is 14.5 Å². The van der Waals surface area contributed by atoms with Gasteiger partial charge in [0.15, 0.2) is 5.75 Å². The molecule has 1 heterocycles. The summed E-state index contributed by atoms with van der Waals surface area (Å²) in [4.78, 5) is 26.0. The minimum absolute atomic E-state index is 0.401. The van der Waals surface area contributed by atoms with Gasteiger partial charge in [0.1, 0.15) is 6.42 Å². The molecule has 0 radical (unpaired) electrons. The fourth-order valence-electron chi connectivity index (χ4n) is 2.28. The number of carbonyl (C=O) groups is 2. The van der Waals surface area contributed by atoms with Crippen molar-refractivity contribution in [2.75, 3.05) is 7.11 Å². The van der Waals surface area contributed by atoms with Gasteiger partial charge in [-0.15, -0.1) is 0 Å². The van der Waals surface area contributed by atoms with E-state index in [0.717, 1.165) is 21.8 Å². The molecule has 106 valence electrons. The molecular formula is C16H13NO4. The van der Waals surface area contributed by atoms with Gasteiger partial charge in [-0.1, -0.05) is 30.3 Å². The number of carbonyl (C=O) groups excluding carboxylic acids is 2. The molecule has 5 heteroatoms. The number of hydrogen-bond acceptors (Lipinski definition) is 4. The molecule has 21 heavy (non-hydrogen) atoms. The molecule has 2 aromatic carbocycles. The summed E-state index contributed by atoms with van der Waals surface area (Å²) >= 11 is 0. The first-order valence-corrected chi connectivity index (χ1v) is 6.46. The third-order valence-corrected chi connectivity index (χ3v) is 3.24. The minimum atomic E-state index is -0.645. The van der Waals surface area contributed by atoms with Crippen molar-refractivity contribution in [2.45, 2.75) is 6.42 Å². The maximum atomic E-state index is 11.7. The summed E-state index contributed by atoms with van der Waals surface area (Å²) in [6.45, 7) is 0. The summed E-state index contributed by atoms with van der Waals surface area (Å²) in [7, 11) is 1.23. The molecule has 0 aliphatic rings. The van der Waals surface area contributed by atoms with Gasteiger partial charge in [0.2, 0.25) is 0 Å². The van der Waals surface area contributed by atoms with Crippen LogP contribution in [0.15, 0.2) is 42.5 Å². The van der Waals surface area contributed by atoms with E-state index in [1.54, 1.807) is 6.07 Å². The second-order valence-corrected chi connectivity index (χ2v) is 4.58. The summed E-state index contributed by atoms with van der Waals surface area (Å²) in [5, 5.41) is 2.02. The Balaban J connectivity index is 1.99. The van der Waals surface area contributed by atoms with Crippen LogP contribution in [0.3, 0.4) is 0 Å². The summed E-state index contributed by atoms with van der Waals surface area (Å²) in [6, 6.07) is 13.3. The van der Waals surface area contributed by atoms with Gasteiger partial charge in [-0.25, -0.2) is 0 Å². The molecule has 0 unspecified atom stereocenters. The van der Waals surface area contributed by atoms with Gasteiger partial charge in [0.05, 0.1) is 12.6 Å². The maximum absolute atomic E-state index is 11.7. The quantitative estimate of drug-likeness (QED) is 0.456. The number of H-pyrrole nitrogens is 1. The van der Waals surface area contributed by atoms with Crippen molar-refractivity contribution in [2.24, 2.45) is 0 Å². The van der Waals surface area contributed by atoms with Crippen molar-refractivity contribution in [3.8, 4) is 5.75 Å². The summed E-state index contributed by atoms with van der Waals surface area (Å²) in [5.41, 5.74) is 1.70. The van der Waals surface area contributed by atoms with Gasteiger partial charge in [-0.2, -0.15) is 0 Å². The monoisotopic (exact) mass is 283 g/mol. The highest BCUT2D eigenvalue weighted by Gasteiger charge is 2.15. The van der Waals surface area contributed by atoms with E-state index in [1.807, 2.05) is 36.4 Å². The van der Waals surface area contributed by atoms with E-state index in [1.165, 1.54) is 7.11 Å². The van der Waals surface area contributed by atoms with Gasteiger partial charge in [0, 0.05) is 16.3 Å². The molecule has 0 bridgehead atoms. The minimum Gasteiger partial charge on any atom is -0.469 e. The SMILES string of the molecule is COC(=O)CC(=O)Oc1cccc2c1[nH]c1ccccc12. The van der Waals surface area contributed by atoms with Crippen LogP contribution in [0.5, 0.6) is 5.75 Å². The van der Waals surface area contributed by atoms with Crippen LogP contribution in [0.25, 0.3) is 21.8 Å². The molecule has 0 aliphatic carbocycles. The molecule has 0 fully saturated rings. The van der Waals surface area contributed by atoms with E-state index < -0.39 is 18.4 Å². The van der Waals surface area contributed by atoms with Crippen molar-refractivity contribution in [3.05, 3.63) is 42.5 Å². The molecule has 0 aliphatic heterocycles. The second-order valence-electron chi connectivity index (χ2n) is 4.58. The number of fused-ring (bicyclic) bond motifs is 3. The number of aromatic amines is 1. The topological polar surface area (TPSA) is 68.4 Å². The molecule has 1 N–H and O–H groups in total. The number of para-hydroxylation sites is 2. The summed E-state index contributed by atoms with van der Waals surface area (Å²) in [6.07, 6.45) is -0.410. The predicted octanol–water partition coefficient (Wildman–Crippen LogP) is 2.79. The first-order valence-electron chi connectivity index (χ1n) is 6.46. The molecule has 0 saturated heterocycles. The fourth-order valence-corrected chi connectivity index (χ4v) is 2.28. The van der Waals surface area contributed by atoms with E-state index in [0.29, 0.717) is 5.75 Å². The number of benzene rings is 2. The molecule has 1 aromatic heterocycles. The zero-order valence-electron chi connectivity index (χ0n) is 11.4. The lowest BCUT2D eigenvalue weighted by molar-refractivity contribution is -0.148. The van der Waals surface area contributed by atoms with E-state index in [4.69, 9.17) is 4.74 Å². The van der Waals surface area contributed by atoms with Crippen LogP contribution in [0.1, 0.15) is 6.42 Å². The second kappa shape index (κ2) is 5.28. The average molecular weight is 283 g/mol. The van der Waals surface area contributed by atoms with Crippen LogP contribution in [-0.4, -0.2) is 24.0 Å². The highest BCUT2D eigenvalue weighted by atomic mass is 16.5. The number of esters is 2. The number of methoxy groups -OCH3 is 1. The lowest BCUT2D eigenvalue weighted by Gasteiger charge is -2.04. The highest BCUT2D eigenvalue weighted by molar-refractivity contribution is 6.09. The number of ether oxygens (including phenoxy) is 2. The van der Waals surface area contributed by atoms with Gasteiger partial charge in [0.25, 0.3) is 0 Å².